The van der Waals surface area contributed by atoms with Gasteiger partial charge < -0.3 is 19.3 Å². The van der Waals surface area contributed by atoms with Crippen molar-refractivity contribution in [3.63, 3.8) is 0 Å². The van der Waals surface area contributed by atoms with Crippen molar-refractivity contribution in [1.82, 2.24) is 20.4 Å². The van der Waals surface area contributed by atoms with E-state index in [2.05, 4.69) is 15.5 Å². The van der Waals surface area contributed by atoms with Crippen LogP contribution < -0.4 is 14.8 Å². The van der Waals surface area contributed by atoms with Crippen molar-refractivity contribution < 1.29 is 18.8 Å². The van der Waals surface area contributed by atoms with Crippen LogP contribution in [-0.4, -0.2) is 54.8 Å². The highest BCUT2D eigenvalue weighted by atomic mass is 16.5. The number of nitrogens with zero attached hydrogens (tertiary/aromatic N) is 3. The molecule has 122 valence electrons. The molecule has 1 aromatic carbocycles. The minimum atomic E-state index is 0.00723. The van der Waals surface area contributed by atoms with Gasteiger partial charge in [0.15, 0.2) is 0 Å². The number of aromatic nitrogens is 2. The van der Waals surface area contributed by atoms with Crippen molar-refractivity contribution >= 4 is 5.91 Å². The molecule has 1 aromatic heterocycles. The third kappa shape index (κ3) is 3.42. The van der Waals surface area contributed by atoms with E-state index in [1.807, 2.05) is 17.0 Å². The number of carbonyl (C=O) groups excluding carboxylic acids is 1. The number of methoxy groups -OCH3 is 2. The van der Waals surface area contributed by atoms with Crippen molar-refractivity contribution in [1.29, 1.82) is 0 Å². The highest BCUT2D eigenvalue weighted by Gasteiger charge is 2.20. The quantitative estimate of drug-likeness (QED) is 0.867. The molecule has 0 atom stereocenters. The highest BCUT2D eigenvalue weighted by Crippen LogP contribution is 2.31. The van der Waals surface area contributed by atoms with Crippen molar-refractivity contribution in [2.24, 2.45) is 0 Å². The van der Waals surface area contributed by atoms with Crippen LogP contribution in [0.1, 0.15) is 5.89 Å². The minimum absolute atomic E-state index is 0.00723. The molecule has 0 saturated carbocycles. The van der Waals surface area contributed by atoms with Gasteiger partial charge in [0.1, 0.15) is 11.5 Å². The lowest BCUT2D eigenvalue weighted by Gasteiger charge is -2.24. The van der Waals surface area contributed by atoms with E-state index >= 15 is 0 Å². The lowest BCUT2D eigenvalue weighted by Crippen LogP contribution is -2.47. The molecule has 1 saturated heterocycles. The first-order valence-corrected chi connectivity index (χ1v) is 7.23. The Bertz CT molecular complexity index is 701. The number of piperazine rings is 1. The van der Waals surface area contributed by atoms with E-state index in [0.29, 0.717) is 42.8 Å². The summed E-state index contributed by atoms with van der Waals surface area (Å²) in [5, 5.41) is 6.78. The molecule has 0 aliphatic carbocycles. The summed E-state index contributed by atoms with van der Waals surface area (Å²) in [5.41, 5.74) is 0.722. The molecule has 23 heavy (non-hydrogen) atoms. The molecule has 3 rings (SSSR count). The maximum absolute atomic E-state index is 11.4. The second kappa shape index (κ2) is 6.66. The van der Waals surface area contributed by atoms with Gasteiger partial charge in [-0.05, 0) is 12.1 Å². The van der Waals surface area contributed by atoms with Gasteiger partial charge in [0, 0.05) is 19.2 Å². The maximum Gasteiger partial charge on any atom is 0.241 e. The second-order valence-corrected chi connectivity index (χ2v) is 5.14. The van der Waals surface area contributed by atoms with Gasteiger partial charge in [-0.25, -0.2) is 0 Å². The van der Waals surface area contributed by atoms with Gasteiger partial charge >= 0.3 is 0 Å². The number of hydrogen-bond donors (Lipinski definition) is 1. The SMILES string of the molecule is COc1ccc(-c2noc(CN3CCNC(=O)C3)n2)c(OC)c1. The van der Waals surface area contributed by atoms with E-state index in [0.717, 1.165) is 12.1 Å². The third-order valence-electron chi connectivity index (χ3n) is 3.59. The van der Waals surface area contributed by atoms with Crippen molar-refractivity contribution in [3.05, 3.63) is 24.1 Å². The van der Waals surface area contributed by atoms with E-state index in [1.165, 1.54) is 0 Å². The van der Waals surface area contributed by atoms with Gasteiger partial charge in [0.25, 0.3) is 0 Å². The maximum atomic E-state index is 11.4. The molecular weight excluding hydrogens is 300 g/mol. The number of ether oxygens (including phenoxy) is 2. The Morgan fingerprint density at radius 1 is 1.35 bits per heavy atom. The van der Waals surface area contributed by atoms with Crippen LogP contribution in [0.5, 0.6) is 11.5 Å². The van der Waals surface area contributed by atoms with Crippen LogP contribution in [0.2, 0.25) is 0 Å². The summed E-state index contributed by atoms with van der Waals surface area (Å²) in [5.74, 6) is 2.21. The lowest BCUT2D eigenvalue weighted by atomic mass is 10.2. The molecule has 2 heterocycles. The molecule has 1 fully saturated rings. The molecule has 0 radical (unpaired) electrons. The number of hydrogen-bond acceptors (Lipinski definition) is 7. The zero-order chi connectivity index (χ0) is 16.2. The molecule has 2 aromatic rings. The van der Waals surface area contributed by atoms with Gasteiger partial charge in [-0.1, -0.05) is 5.16 Å². The average molecular weight is 318 g/mol. The van der Waals surface area contributed by atoms with Gasteiger partial charge in [-0.15, -0.1) is 0 Å². The molecule has 0 unspecified atom stereocenters. The van der Waals surface area contributed by atoms with Crippen molar-refractivity contribution in [2.75, 3.05) is 33.9 Å². The zero-order valence-corrected chi connectivity index (χ0v) is 13.0. The number of carbonyl (C=O) groups is 1. The van der Waals surface area contributed by atoms with Crippen LogP contribution in [-0.2, 0) is 11.3 Å². The Kier molecular flexibility index (Phi) is 4.42. The first kappa shape index (κ1) is 15.3. The molecular formula is C15H18N4O4. The zero-order valence-electron chi connectivity index (χ0n) is 13.0. The average Bonchev–Trinajstić information content (AvgIpc) is 3.02. The fraction of sp³-hybridized carbons (Fsp3) is 0.400. The van der Waals surface area contributed by atoms with Crippen LogP contribution in [0.25, 0.3) is 11.4 Å². The predicted molar refractivity (Wildman–Crippen MR) is 81.1 cm³/mol. The van der Waals surface area contributed by atoms with E-state index < -0.39 is 0 Å². The summed E-state index contributed by atoms with van der Waals surface area (Å²) in [6, 6.07) is 5.39. The van der Waals surface area contributed by atoms with Crippen LogP contribution in [0.3, 0.4) is 0 Å². The van der Waals surface area contributed by atoms with Gasteiger partial charge in [0.05, 0.1) is 32.9 Å². The Hall–Kier alpha value is -2.61. The first-order valence-electron chi connectivity index (χ1n) is 7.23. The van der Waals surface area contributed by atoms with Crippen LogP contribution in [0.4, 0.5) is 0 Å². The highest BCUT2D eigenvalue weighted by molar-refractivity contribution is 5.78. The predicted octanol–water partition coefficient (Wildman–Crippen LogP) is 0.686. The summed E-state index contributed by atoms with van der Waals surface area (Å²) < 4.78 is 15.8. The summed E-state index contributed by atoms with van der Waals surface area (Å²) in [6.45, 7) is 2.17. The van der Waals surface area contributed by atoms with E-state index in [9.17, 15) is 4.79 Å². The van der Waals surface area contributed by atoms with Crippen LogP contribution >= 0.6 is 0 Å². The van der Waals surface area contributed by atoms with Crippen molar-refractivity contribution in [3.8, 4) is 22.9 Å². The molecule has 8 nitrogen and oxygen atoms in total. The first-order chi connectivity index (χ1) is 11.2. The third-order valence-corrected chi connectivity index (χ3v) is 3.59. The molecule has 1 N–H and O–H groups in total. The number of rotatable bonds is 5. The monoisotopic (exact) mass is 318 g/mol. The lowest BCUT2D eigenvalue weighted by molar-refractivity contribution is -0.124. The van der Waals surface area contributed by atoms with E-state index in [-0.39, 0.29) is 5.91 Å². The van der Waals surface area contributed by atoms with E-state index in [4.69, 9.17) is 14.0 Å². The summed E-state index contributed by atoms with van der Waals surface area (Å²) in [6.07, 6.45) is 0. The molecule has 1 aliphatic rings. The van der Waals surface area contributed by atoms with Gasteiger partial charge in [-0.2, -0.15) is 4.98 Å². The number of nitrogens with one attached hydrogen (secondary N) is 1. The fourth-order valence-electron chi connectivity index (χ4n) is 2.43. The van der Waals surface area contributed by atoms with Gasteiger partial charge in [-0.3, -0.25) is 9.69 Å². The summed E-state index contributed by atoms with van der Waals surface area (Å²) >= 11 is 0. The standard InChI is InChI=1S/C15H18N4O4/c1-21-10-3-4-11(12(7-10)22-2)15-17-14(23-18-15)9-19-6-5-16-13(20)8-19/h3-4,7H,5-6,8-9H2,1-2H3,(H,16,20). The molecule has 8 heteroatoms. The normalized spacial score (nSPS) is 15.3. The Labute approximate surface area is 133 Å². The smallest absolute Gasteiger partial charge is 0.241 e. The van der Waals surface area contributed by atoms with Crippen molar-refractivity contribution in [2.45, 2.75) is 6.54 Å². The molecule has 1 aliphatic heterocycles. The summed E-state index contributed by atoms with van der Waals surface area (Å²) in [7, 11) is 3.17. The van der Waals surface area contributed by atoms with Crippen LogP contribution in [0.15, 0.2) is 22.7 Å². The van der Waals surface area contributed by atoms with E-state index in [1.54, 1.807) is 20.3 Å². The number of amides is 1. The minimum Gasteiger partial charge on any atom is -0.497 e. The molecule has 1 amide bonds. The summed E-state index contributed by atoms with van der Waals surface area (Å²) in [4.78, 5) is 17.7. The Morgan fingerprint density at radius 2 is 2.22 bits per heavy atom. The Morgan fingerprint density at radius 3 is 2.96 bits per heavy atom. The van der Waals surface area contributed by atoms with Gasteiger partial charge in [0.2, 0.25) is 17.6 Å². The topological polar surface area (TPSA) is 89.7 Å². The fourth-order valence-corrected chi connectivity index (χ4v) is 2.43. The Balaban J connectivity index is 1.77. The molecule has 0 spiro atoms. The number of benzene rings is 1. The molecule has 0 bridgehead atoms. The van der Waals surface area contributed by atoms with Crippen LogP contribution in [0, 0.1) is 0 Å². The second-order valence-electron chi connectivity index (χ2n) is 5.14. The largest absolute Gasteiger partial charge is 0.497 e.